The molecule has 4 heteroatoms. The maximum Gasteiger partial charge on any atom is 0.174 e. The van der Waals surface area contributed by atoms with E-state index in [2.05, 4.69) is 22.9 Å². The smallest absolute Gasteiger partial charge is 0.174 e. The molecule has 1 aromatic carbocycles. The van der Waals surface area contributed by atoms with Gasteiger partial charge in [0.1, 0.15) is 0 Å². The van der Waals surface area contributed by atoms with Crippen molar-refractivity contribution in [2.75, 3.05) is 20.3 Å². The number of rotatable bonds is 6. The molecule has 0 radical (unpaired) electrons. The van der Waals surface area contributed by atoms with Crippen molar-refractivity contribution >= 4 is 16.8 Å². The fourth-order valence-electron chi connectivity index (χ4n) is 2.82. The van der Waals surface area contributed by atoms with Crippen molar-refractivity contribution in [1.29, 1.82) is 0 Å². The minimum absolute atomic E-state index is 0.0129. The van der Waals surface area contributed by atoms with E-state index in [0.717, 1.165) is 43.1 Å². The lowest BCUT2D eigenvalue weighted by atomic mass is 10.1. The van der Waals surface area contributed by atoms with Gasteiger partial charge in [-0.05, 0) is 36.8 Å². The minimum atomic E-state index is -0.0129. The minimum Gasteiger partial charge on any atom is -0.487 e. The van der Waals surface area contributed by atoms with E-state index in [-0.39, 0.29) is 6.29 Å². The van der Waals surface area contributed by atoms with Crippen LogP contribution < -0.4 is 4.74 Å². The second kappa shape index (κ2) is 9.96. The summed E-state index contributed by atoms with van der Waals surface area (Å²) in [5, 5.41) is 1.94. The summed E-state index contributed by atoms with van der Waals surface area (Å²) in [6, 6.07) is 11.2. The highest BCUT2D eigenvalue weighted by Crippen LogP contribution is 2.24. The van der Waals surface area contributed by atoms with Gasteiger partial charge in [0, 0.05) is 13.0 Å². The van der Waals surface area contributed by atoms with Gasteiger partial charge in [0.2, 0.25) is 0 Å². The van der Waals surface area contributed by atoms with Crippen LogP contribution in [-0.2, 0) is 9.47 Å². The van der Waals surface area contributed by atoms with Crippen molar-refractivity contribution in [1.82, 2.24) is 4.98 Å². The van der Waals surface area contributed by atoms with Crippen molar-refractivity contribution in [2.45, 2.75) is 38.4 Å². The number of pyridine rings is 1. The van der Waals surface area contributed by atoms with Crippen LogP contribution >= 0.6 is 0 Å². The summed E-state index contributed by atoms with van der Waals surface area (Å²) in [4.78, 5) is 4.45. The molecule has 136 valence electrons. The third-order valence-corrected chi connectivity index (χ3v) is 4.15. The third-order valence-electron chi connectivity index (χ3n) is 4.15. The quantitative estimate of drug-likeness (QED) is 0.440. The summed E-state index contributed by atoms with van der Waals surface area (Å²) in [7, 11) is 1.63. The molecule has 1 aliphatic rings. The van der Waals surface area contributed by atoms with E-state index >= 15 is 0 Å². The molecule has 3 rings (SSSR count). The Balaban J connectivity index is 1.46. The van der Waals surface area contributed by atoms with E-state index in [1.807, 2.05) is 30.3 Å². The van der Waals surface area contributed by atoms with E-state index in [9.17, 15) is 0 Å². The van der Waals surface area contributed by atoms with Gasteiger partial charge in [0.05, 0.1) is 13.7 Å². The van der Waals surface area contributed by atoms with Crippen LogP contribution in [0.4, 0.5) is 0 Å². The molecule has 1 aliphatic heterocycles. The first-order valence-electron chi connectivity index (χ1n) is 9.11. The zero-order valence-corrected chi connectivity index (χ0v) is 15.2. The molecular formula is C22H24NO3-. The van der Waals surface area contributed by atoms with Gasteiger partial charge in [0.25, 0.3) is 0 Å². The Morgan fingerprint density at radius 1 is 1.35 bits per heavy atom. The monoisotopic (exact) mass is 350 g/mol. The highest BCUT2D eigenvalue weighted by atomic mass is 16.7. The zero-order chi connectivity index (χ0) is 18.0. The number of nitrogens with zero attached hydrogens (tertiary/aromatic N) is 1. The molecular weight excluding hydrogens is 326 g/mol. The number of allylic oxidation sites excluding steroid dienone is 1. The van der Waals surface area contributed by atoms with Gasteiger partial charge in [-0.2, -0.15) is 0 Å². The summed E-state index contributed by atoms with van der Waals surface area (Å²) >= 11 is 0. The number of unbranched alkanes of at least 4 members (excludes halogenated alkanes) is 1. The van der Waals surface area contributed by atoms with E-state index in [4.69, 9.17) is 14.2 Å². The fourth-order valence-corrected chi connectivity index (χ4v) is 2.82. The Morgan fingerprint density at radius 3 is 3.12 bits per heavy atom. The van der Waals surface area contributed by atoms with E-state index in [0.29, 0.717) is 18.2 Å². The first-order valence-corrected chi connectivity index (χ1v) is 9.11. The molecule has 1 fully saturated rings. The fraction of sp³-hybridized carbons (Fsp3) is 0.409. The Morgan fingerprint density at radius 2 is 2.27 bits per heavy atom. The first kappa shape index (κ1) is 18.4. The first-order chi connectivity index (χ1) is 12.9. The van der Waals surface area contributed by atoms with Crippen molar-refractivity contribution in [2.24, 2.45) is 0 Å². The molecule has 0 spiro atoms. The molecule has 0 amide bonds. The van der Waals surface area contributed by atoms with Gasteiger partial charge in [-0.3, -0.25) is 0 Å². The Bertz CT molecular complexity index is 798. The summed E-state index contributed by atoms with van der Waals surface area (Å²) in [6.07, 6.45) is 8.71. The summed E-state index contributed by atoms with van der Waals surface area (Å²) in [6.45, 7) is 1.51. The van der Waals surface area contributed by atoms with Crippen LogP contribution in [0.25, 0.3) is 16.8 Å². The second-order valence-electron chi connectivity index (χ2n) is 6.10. The van der Waals surface area contributed by atoms with E-state index < -0.39 is 0 Å². The summed E-state index contributed by atoms with van der Waals surface area (Å²) in [5.74, 6) is 6.77. The average molecular weight is 350 g/mol. The van der Waals surface area contributed by atoms with Gasteiger partial charge in [0.15, 0.2) is 12.2 Å². The molecule has 4 nitrogen and oxygen atoms in total. The van der Waals surface area contributed by atoms with Gasteiger partial charge >= 0.3 is 0 Å². The molecule has 1 aromatic heterocycles. The van der Waals surface area contributed by atoms with Crippen LogP contribution in [0.3, 0.4) is 0 Å². The Labute approximate surface area is 155 Å². The maximum absolute atomic E-state index is 5.69. The molecule has 0 aliphatic carbocycles. The number of aromatic nitrogens is 1. The second-order valence-corrected chi connectivity index (χ2v) is 6.10. The van der Waals surface area contributed by atoms with Crippen molar-refractivity contribution in [3.05, 3.63) is 42.1 Å². The number of methoxy groups -OCH3 is 1. The largest absolute Gasteiger partial charge is 0.487 e. The molecule has 0 saturated carbocycles. The number of hydrogen-bond donors (Lipinski definition) is 0. The van der Waals surface area contributed by atoms with Gasteiger partial charge in [-0.25, -0.2) is 4.98 Å². The van der Waals surface area contributed by atoms with Crippen molar-refractivity contribution in [3.8, 4) is 17.7 Å². The molecule has 0 bridgehead atoms. The predicted octanol–water partition coefficient (Wildman–Crippen LogP) is 4.38. The van der Waals surface area contributed by atoms with Crippen molar-refractivity contribution < 1.29 is 14.2 Å². The number of benzene rings is 1. The lowest BCUT2D eigenvalue weighted by molar-refractivity contribution is -0.162. The molecule has 26 heavy (non-hydrogen) atoms. The molecule has 2 heterocycles. The Kier molecular flexibility index (Phi) is 7.06. The van der Waals surface area contributed by atoms with Crippen LogP contribution in [0, 0.1) is 17.9 Å². The van der Waals surface area contributed by atoms with Gasteiger partial charge < -0.3 is 14.2 Å². The maximum atomic E-state index is 5.69. The predicted molar refractivity (Wildman–Crippen MR) is 103 cm³/mol. The lowest BCUT2D eigenvalue weighted by Crippen LogP contribution is -2.22. The lowest BCUT2D eigenvalue weighted by Gasteiger charge is -2.22. The normalized spacial score (nSPS) is 17.2. The average Bonchev–Trinajstić information content (AvgIpc) is 2.70. The van der Waals surface area contributed by atoms with Crippen LogP contribution in [-0.4, -0.2) is 31.6 Å². The van der Waals surface area contributed by atoms with E-state index in [1.165, 1.54) is 6.42 Å². The number of fused-ring (bicyclic) bond motifs is 1. The zero-order valence-electron chi connectivity index (χ0n) is 15.2. The van der Waals surface area contributed by atoms with Crippen LogP contribution in [0.15, 0.2) is 30.3 Å². The van der Waals surface area contributed by atoms with Gasteiger partial charge in [-0.1, -0.05) is 36.1 Å². The highest BCUT2D eigenvalue weighted by Gasteiger charge is 2.12. The number of hydrogen-bond acceptors (Lipinski definition) is 4. The molecule has 0 N–H and O–H groups in total. The highest BCUT2D eigenvalue weighted by molar-refractivity contribution is 5.87. The van der Waals surface area contributed by atoms with Crippen LogP contribution in [0.1, 0.15) is 37.8 Å². The van der Waals surface area contributed by atoms with Crippen LogP contribution in [0.5, 0.6) is 5.88 Å². The number of ether oxygens (including phenoxy) is 3. The molecule has 1 atom stereocenters. The molecule has 2 aromatic rings. The van der Waals surface area contributed by atoms with Crippen molar-refractivity contribution in [3.63, 3.8) is 0 Å². The standard InChI is InChI=1S/C22H24NO3/c1-24-22-20-13-7-6-11-18(20)17-19(23-22)12-5-3-2-4-9-15-25-21-14-8-10-16-26-21/h5-7,11-13,21H,4,8-10,14-16H2,1H3/q-1/b12-5-. The Hall–Kier alpha value is -2.35. The van der Waals surface area contributed by atoms with Crippen LogP contribution in [0.2, 0.25) is 0 Å². The summed E-state index contributed by atoms with van der Waals surface area (Å²) < 4.78 is 16.6. The molecule has 1 saturated heterocycles. The SMILES string of the molecule is COc1nc(/C=C\C#CCCCOC2CCCCO2)[c-]c2ccccc12. The molecule has 1 unspecified atom stereocenters. The third kappa shape index (κ3) is 5.32. The van der Waals surface area contributed by atoms with Gasteiger partial charge in [-0.15, -0.1) is 23.6 Å². The van der Waals surface area contributed by atoms with E-state index in [1.54, 1.807) is 13.2 Å². The topological polar surface area (TPSA) is 40.6 Å². The summed E-state index contributed by atoms with van der Waals surface area (Å²) in [5.41, 5.74) is 0.715.